The van der Waals surface area contributed by atoms with Gasteiger partial charge >= 0.3 is 6.18 Å². The van der Waals surface area contributed by atoms with E-state index in [1.807, 2.05) is 24.3 Å². The number of nitrogens with one attached hydrogen (secondary N) is 1. The summed E-state index contributed by atoms with van der Waals surface area (Å²) in [5, 5.41) is 3.16. The van der Waals surface area contributed by atoms with Gasteiger partial charge in [-0.05, 0) is 30.5 Å². The molecule has 5 heteroatoms. The van der Waals surface area contributed by atoms with Gasteiger partial charge in [-0.15, -0.1) is 0 Å². The maximum absolute atomic E-state index is 11.8. The lowest BCUT2D eigenvalue weighted by molar-refractivity contribution is -0.173. The van der Waals surface area contributed by atoms with Crippen LogP contribution in [-0.2, 0) is 11.2 Å². The van der Waals surface area contributed by atoms with Crippen LogP contribution in [0.5, 0.6) is 0 Å². The topological polar surface area (TPSA) is 21.3 Å². The van der Waals surface area contributed by atoms with Crippen molar-refractivity contribution in [3.63, 3.8) is 0 Å². The monoisotopic (exact) mass is 261 g/mol. The Hall–Kier alpha value is -1.23. The van der Waals surface area contributed by atoms with Crippen molar-refractivity contribution in [2.75, 3.05) is 25.1 Å². The highest BCUT2D eigenvalue weighted by molar-refractivity contribution is 5.45. The zero-order chi connectivity index (χ0) is 13.4. The van der Waals surface area contributed by atoms with Crippen molar-refractivity contribution in [1.29, 1.82) is 0 Å². The van der Waals surface area contributed by atoms with E-state index in [1.165, 1.54) is 5.56 Å². The second-order valence-electron chi connectivity index (χ2n) is 4.00. The number of halogens is 3. The molecule has 18 heavy (non-hydrogen) atoms. The summed E-state index contributed by atoms with van der Waals surface area (Å²) >= 11 is 0. The van der Waals surface area contributed by atoms with Crippen LogP contribution in [0.15, 0.2) is 24.3 Å². The van der Waals surface area contributed by atoms with Gasteiger partial charge in [0.2, 0.25) is 0 Å². The summed E-state index contributed by atoms with van der Waals surface area (Å²) in [4.78, 5) is 0. The van der Waals surface area contributed by atoms with Crippen LogP contribution in [0.1, 0.15) is 18.9 Å². The third-order valence-electron chi connectivity index (χ3n) is 2.40. The molecule has 0 saturated heterocycles. The minimum absolute atomic E-state index is 0.111. The second-order valence-corrected chi connectivity index (χ2v) is 4.00. The Morgan fingerprint density at radius 1 is 1.28 bits per heavy atom. The van der Waals surface area contributed by atoms with Crippen molar-refractivity contribution < 1.29 is 17.9 Å². The minimum Gasteiger partial charge on any atom is -0.385 e. The molecule has 0 atom stereocenters. The minimum atomic E-state index is -4.23. The Bertz CT molecular complexity index is 352. The van der Waals surface area contributed by atoms with Crippen molar-refractivity contribution in [2.24, 2.45) is 0 Å². The van der Waals surface area contributed by atoms with Gasteiger partial charge in [-0.1, -0.05) is 19.1 Å². The highest BCUT2D eigenvalue weighted by Crippen LogP contribution is 2.14. The molecule has 0 unspecified atom stereocenters. The molecule has 0 fully saturated rings. The Morgan fingerprint density at radius 2 is 2.06 bits per heavy atom. The summed E-state index contributed by atoms with van der Waals surface area (Å²) < 4.78 is 39.8. The van der Waals surface area contributed by atoms with E-state index in [9.17, 15) is 13.2 Å². The van der Waals surface area contributed by atoms with E-state index >= 15 is 0 Å². The number of ether oxygens (including phenoxy) is 1. The fraction of sp³-hybridized carbons (Fsp3) is 0.538. The van der Waals surface area contributed by atoms with Gasteiger partial charge in [-0.2, -0.15) is 13.2 Å². The maximum atomic E-state index is 11.8. The summed E-state index contributed by atoms with van der Waals surface area (Å²) in [7, 11) is 0. The number of rotatable bonds is 7. The van der Waals surface area contributed by atoms with Crippen LogP contribution in [0, 0.1) is 0 Å². The number of hydrogen-bond acceptors (Lipinski definition) is 2. The molecule has 0 aromatic heterocycles. The lowest BCUT2D eigenvalue weighted by Crippen LogP contribution is -2.18. The predicted octanol–water partition coefficient (Wildman–Crippen LogP) is 3.63. The van der Waals surface area contributed by atoms with Gasteiger partial charge in [-0.25, -0.2) is 0 Å². The van der Waals surface area contributed by atoms with E-state index in [-0.39, 0.29) is 6.61 Å². The fourth-order valence-corrected chi connectivity index (χ4v) is 1.50. The molecule has 0 aliphatic rings. The number of alkyl halides is 3. The molecular weight excluding hydrogens is 243 g/mol. The van der Waals surface area contributed by atoms with Gasteiger partial charge in [0.25, 0.3) is 0 Å². The first-order valence-corrected chi connectivity index (χ1v) is 5.98. The van der Waals surface area contributed by atoms with E-state index in [4.69, 9.17) is 0 Å². The van der Waals surface area contributed by atoms with Crippen molar-refractivity contribution in [3.05, 3.63) is 29.8 Å². The van der Waals surface area contributed by atoms with Gasteiger partial charge in [0.05, 0.1) is 0 Å². The van der Waals surface area contributed by atoms with Gasteiger partial charge < -0.3 is 10.1 Å². The molecule has 1 N–H and O–H groups in total. The SMILES string of the molecule is CCc1cccc(NCCCOCC(F)(F)F)c1. The molecule has 1 aromatic rings. The molecule has 0 aliphatic heterocycles. The highest BCUT2D eigenvalue weighted by Gasteiger charge is 2.27. The molecule has 0 heterocycles. The molecular formula is C13H18F3NO. The van der Waals surface area contributed by atoms with E-state index < -0.39 is 12.8 Å². The number of anilines is 1. The van der Waals surface area contributed by atoms with Gasteiger partial charge in [0, 0.05) is 18.8 Å². The molecule has 1 aromatic carbocycles. The van der Waals surface area contributed by atoms with E-state index in [0.717, 1.165) is 12.1 Å². The van der Waals surface area contributed by atoms with Crippen LogP contribution in [-0.4, -0.2) is 25.9 Å². The average Bonchev–Trinajstić information content (AvgIpc) is 2.32. The Kier molecular flexibility index (Phi) is 5.98. The average molecular weight is 261 g/mol. The van der Waals surface area contributed by atoms with Crippen molar-refractivity contribution >= 4 is 5.69 Å². The third-order valence-corrected chi connectivity index (χ3v) is 2.40. The first kappa shape index (κ1) is 14.8. The maximum Gasteiger partial charge on any atom is 0.411 e. The Labute approximate surface area is 105 Å². The number of aryl methyl sites for hydroxylation is 1. The van der Waals surface area contributed by atoms with Crippen molar-refractivity contribution in [3.8, 4) is 0 Å². The summed E-state index contributed by atoms with van der Waals surface area (Å²) in [6, 6.07) is 7.98. The summed E-state index contributed by atoms with van der Waals surface area (Å²) in [5.74, 6) is 0. The molecule has 102 valence electrons. The molecule has 0 spiro atoms. The van der Waals surface area contributed by atoms with E-state index in [2.05, 4.69) is 17.0 Å². The molecule has 0 aliphatic carbocycles. The lowest BCUT2D eigenvalue weighted by Gasteiger charge is -2.09. The molecule has 0 saturated carbocycles. The zero-order valence-corrected chi connectivity index (χ0v) is 10.4. The van der Waals surface area contributed by atoms with Gasteiger partial charge in [-0.3, -0.25) is 0 Å². The van der Waals surface area contributed by atoms with Crippen LogP contribution in [0.2, 0.25) is 0 Å². The zero-order valence-electron chi connectivity index (χ0n) is 10.4. The van der Waals surface area contributed by atoms with Crippen LogP contribution in [0.3, 0.4) is 0 Å². The molecule has 0 bridgehead atoms. The number of hydrogen-bond donors (Lipinski definition) is 1. The first-order valence-electron chi connectivity index (χ1n) is 5.98. The normalized spacial score (nSPS) is 11.6. The van der Waals surface area contributed by atoms with Gasteiger partial charge in [0.15, 0.2) is 0 Å². The van der Waals surface area contributed by atoms with Gasteiger partial charge in [0.1, 0.15) is 6.61 Å². The summed E-state index contributed by atoms with van der Waals surface area (Å²) in [6.45, 7) is 1.62. The molecule has 0 amide bonds. The summed E-state index contributed by atoms with van der Waals surface area (Å²) in [6.07, 6.45) is -2.72. The first-order chi connectivity index (χ1) is 8.51. The highest BCUT2D eigenvalue weighted by atomic mass is 19.4. The van der Waals surface area contributed by atoms with E-state index in [0.29, 0.717) is 13.0 Å². The fourth-order valence-electron chi connectivity index (χ4n) is 1.50. The predicted molar refractivity (Wildman–Crippen MR) is 65.8 cm³/mol. The Morgan fingerprint density at radius 3 is 2.72 bits per heavy atom. The second kappa shape index (κ2) is 7.26. The smallest absolute Gasteiger partial charge is 0.385 e. The van der Waals surface area contributed by atoms with Crippen LogP contribution in [0.4, 0.5) is 18.9 Å². The largest absolute Gasteiger partial charge is 0.411 e. The molecule has 0 radical (unpaired) electrons. The van der Waals surface area contributed by atoms with Crippen molar-refractivity contribution in [1.82, 2.24) is 0 Å². The van der Waals surface area contributed by atoms with Crippen LogP contribution in [0.25, 0.3) is 0 Å². The van der Waals surface area contributed by atoms with Crippen LogP contribution >= 0.6 is 0 Å². The van der Waals surface area contributed by atoms with Crippen LogP contribution < -0.4 is 5.32 Å². The molecule has 2 nitrogen and oxygen atoms in total. The summed E-state index contributed by atoms with van der Waals surface area (Å²) in [5.41, 5.74) is 2.22. The third kappa shape index (κ3) is 6.49. The quantitative estimate of drug-likeness (QED) is 0.757. The van der Waals surface area contributed by atoms with E-state index in [1.54, 1.807) is 0 Å². The standard InChI is InChI=1S/C13H18F3NO/c1-2-11-5-3-6-12(9-11)17-7-4-8-18-10-13(14,15)16/h3,5-6,9,17H,2,4,7-8,10H2,1H3. The number of benzene rings is 1. The van der Waals surface area contributed by atoms with Crippen molar-refractivity contribution in [2.45, 2.75) is 25.9 Å². The molecule has 1 rings (SSSR count). The Balaban J connectivity index is 2.14. The lowest BCUT2D eigenvalue weighted by atomic mass is 10.1.